The normalized spacial score (nSPS) is 30.2. The van der Waals surface area contributed by atoms with Gasteiger partial charge in [0.15, 0.2) is 0 Å². The van der Waals surface area contributed by atoms with E-state index >= 15 is 0 Å². The van der Waals surface area contributed by atoms with Crippen molar-refractivity contribution in [1.82, 2.24) is 4.90 Å². The van der Waals surface area contributed by atoms with E-state index in [9.17, 15) is 19.5 Å². The zero-order valence-electron chi connectivity index (χ0n) is 22.9. The second-order valence-electron chi connectivity index (χ2n) is 11.0. The number of aliphatic hydroxyl groups excluding tert-OH is 1. The van der Waals surface area contributed by atoms with Gasteiger partial charge in [-0.25, -0.2) is 0 Å². The molecule has 4 rings (SSSR count). The van der Waals surface area contributed by atoms with Crippen molar-refractivity contribution in [1.29, 1.82) is 0 Å². The molecule has 2 bridgehead atoms. The standard InChI is InChI=1S/C30H40N2O5S/c1-7-10-16-37-28(36)24-23-26(34)32(21(9-3)18-33)25(30(23)14-13-29(24,6)38-30)27(35)31(15-8-2)22-17-19(4)11-12-20(22)5/h7-8,11-12,17,21,23-25,33H,1-2,9-10,13-16,18H2,3-6H3/t21-,23-,24+,25?,29-,30?/m0/s1. The van der Waals surface area contributed by atoms with Gasteiger partial charge in [0.05, 0.1) is 35.8 Å². The van der Waals surface area contributed by atoms with Crippen molar-refractivity contribution in [3.05, 3.63) is 54.6 Å². The lowest BCUT2D eigenvalue weighted by Gasteiger charge is -2.39. The molecule has 0 saturated carbocycles. The fourth-order valence-electron chi connectivity index (χ4n) is 6.73. The largest absolute Gasteiger partial charge is 0.465 e. The molecule has 3 fully saturated rings. The van der Waals surface area contributed by atoms with E-state index < -0.39 is 33.4 Å². The first-order valence-corrected chi connectivity index (χ1v) is 14.3. The SMILES string of the molecule is C=CCCOC(=O)[C@H]1[C@H]2C(=O)N([C@@H](CC)CO)C(C(=O)N(CC=C)c3cc(C)ccc3C)C23CC[C@]1(C)S3. The number of carbonyl (C=O) groups is 3. The van der Waals surface area contributed by atoms with Gasteiger partial charge in [-0.05, 0) is 63.6 Å². The molecule has 8 heteroatoms. The minimum absolute atomic E-state index is 0.196. The third-order valence-corrected chi connectivity index (χ3v) is 10.6. The van der Waals surface area contributed by atoms with Crippen LogP contribution in [0.2, 0.25) is 0 Å². The summed E-state index contributed by atoms with van der Waals surface area (Å²) in [4.78, 5) is 45.7. The Morgan fingerprint density at radius 3 is 2.66 bits per heavy atom. The third-order valence-electron chi connectivity index (χ3n) is 8.58. The van der Waals surface area contributed by atoms with E-state index in [-0.39, 0.29) is 37.5 Å². The van der Waals surface area contributed by atoms with Crippen molar-refractivity contribution < 1.29 is 24.2 Å². The van der Waals surface area contributed by atoms with Crippen LogP contribution in [0, 0.1) is 25.7 Å². The number of ether oxygens (including phenoxy) is 1. The number of hydrogen-bond acceptors (Lipinski definition) is 6. The van der Waals surface area contributed by atoms with E-state index in [4.69, 9.17) is 4.74 Å². The second-order valence-corrected chi connectivity index (χ2v) is 12.9. The first-order chi connectivity index (χ1) is 18.1. The van der Waals surface area contributed by atoms with Crippen molar-refractivity contribution in [3.8, 4) is 0 Å². The smallest absolute Gasteiger partial charge is 0.311 e. The molecule has 6 atom stereocenters. The minimum atomic E-state index is -0.810. The number of rotatable bonds is 11. The zero-order valence-corrected chi connectivity index (χ0v) is 23.8. The Morgan fingerprint density at radius 1 is 1.29 bits per heavy atom. The zero-order chi connectivity index (χ0) is 27.8. The maximum absolute atomic E-state index is 14.7. The van der Waals surface area contributed by atoms with Crippen molar-refractivity contribution in [2.75, 3.05) is 24.7 Å². The van der Waals surface area contributed by atoms with Gasteiger partial charge < -0.3 is 19.6 Å². The lowest BCUT2D eigenvalue weighted by molar-refractivity contribution is -0.156. The summed E-state index contributed by atoms with van der Waals surface area (Å²) < 4.78 is 4.34. The van der Waals surface area contributed by atoms with Crippen LogP contribution >= 0.6 is 11.8 Å². The van der Waals surface area contributed by atoms with E-state index in [0.717, 1.165) is 16.8 Å². The number of benzene rings is 1. The maximum atomic E-state index is 14.7. The quantitative estimate of drug-likeness (QED) is 0.257. The molecular weight excluding hydrogens is 500 g/mol. The summed E-state index contributed by atoms with van der Waals surface area (Å²) >= 11 is 1.61. The number of amides is 2. The Balaban J connectivity index is 1.83. The lowest BCUT2D eigenvalue weighted by Crippen LogP contribution is -2.57. The highest BCUT2D eigenvalue weighted by molar-refractivity contribution is 8.02. The number of thioether (sulfide) groups is 1. The van der Waals surface area contributed by atoms with Gasteiger partial charge in [-0.1, -0.05) is 31.2 Å². The van der Waals surface area contributed by atoms with Crippen LogP contribution in [-0.2, 0) is 19.1 Å². The summed E-state index contributed by atoms with van der Waals surface area (Å²) in [5.74, 6) is -2.14. The van der Waals surface area contributed by atoms with Crippen molar-refractivity contribution in [3.63, 3.8) is 0 Å². The molecule has 0 radical (unpaired) electrons. The van der Waals surface area contributed by atoms with E-state index in [1.807, 2.05) is 45.9 Å². The summed E-state index contributed by atoms with van der Waals surface area (Å²) in [5.41, 5.74) is 2.75. The number of nitrogens with zero attached hydrogens (tertiary/aromatic N) is 2. The molecule has 3 aliphatic heterocycles. The number of esters is 1. The predicted molar refractivity (Wildman–Crippen MR) is 151 cm³/mol. The number of carbonyl (C=O) groups excluding carboxylic acids is 3. The molecule has 206 valence electrons. The van der Waals surface area contributed by atoms with Gasteiger partial charge in [-0.2, -0.15) is 0 Å². The Labute approximate surface area is 230 Å². The van der Waals surface area contributed by atoms with Gasteiger partial charge >= 0.3 is 5.97 Å². The first-order valence-electron chi connectivity index (χ1n) is 13.5. The number of hydrogen-bond donors (Lipinski definition) is 1. The van der Waals surface area contributed by atoms with Crippen molar-refractivity contribution >= 4 is 35.2 Å². The summed E-state index contributed by atoms with van der Waals surface area (Å²) in [6, 6.07) is 4.64. The number of anilines is 1. The lowest BCUT2D eigenvalue weighted by atomic mass is 9.66. The highest BCUT2D eigenvalue weighted by atomic mass is 32.2. The van der Waals surface area contributed by atoms with E-state index in [1.165, 1.54) is 0 Å². The molecule has 7 nitrogen and oxygen atoms in total. The molecule has 3 saturated heterocycles. The van der Waals surface area contributed by atoms with Crippen molar-refractivity contribution in [2.45, 2.75) is 75.0 Å². The number of fused-ring (bicyclic) bond motifs is 1. The van der Waals surface area contributed by atoms with Gasteiger partial charge in [0, 0.05) is 17.0 Å². The van der Waals surface area contributed by atoms with Crippen LogP contribution in [0.1, 0.15) is 50.7 Å². The Bertz CT molecular complexity index is 1130. The fourth-order valence-corrected chi connectivity index (χ4v) is 9.06. The molecule has 1 aromatic rings. The van der Waals surface area contributed by atoms with Crippen LogP contribution in [0.15, 0.2) is 43.5 Å². The third kappa shape index (κ3) is 4.39. The maximum Gasteiger partial charge on any atom is 0.311 e. The van der Waals surface area contributed by atoms with Gasteiger partial charge in [0.25, 0.3) is 5.91 Å². The van der Waals surface area contributed by atoms with E-state index in [1.54, 1.807) is 33.7 Å². The summed E-state index contributed by atoms with van der Waals surface area (Å²) in [6.07, 6.45) is 5.77. The number of likely N-dealkylation sites (tertiary alicyclic amines) is 1. The van der Waals surface area contributed by atoms with Gasteiger partial charge in [-0.15, -0.1) is 24.9 Å². The molecule has 38 heavy (non-hydrogen) atoms. The predicted octanol–water partition coefficient (Wildman–Crippen LogP) is 4.19. The highest BCUT2D eigenvalue weighted by Crippen LogP contribution is 2.71. The highest BCUT2D eigenvalue weighted by Gasteiger charge is 2.78. The van der Waals surface area contributed by atoms with Crippen LogP contribution in [0.5, 0.6) is 0 Å². The second kappa shape index (κ2) is 10.9. The molecule has 2 amide bonds. The van der Waals surface area contributed by atoms with Gasteiger partial charge in [0.1, 0.15) is 6.04 Å². The average molecular weight is 541 g/mol. The Morgan fingerprint density at radius 2 is 2.03 bits per heavy atom. The van der Waals surface area contributed by atoms with E-state index in [2.05, 4.69) is 13.2 Å². The molecule has 0 aliphatic carbocycles. The van der Waals surface area contributed by atoms with Crippen molar-refractivity contribution in [2.24, 2.45) is 11.8 Å². The number of aryl methyl sites for hydroxylation is 2. The number of aliphatic hydroxyl groups is 1. The molecule has 0 aromatic heterocycles. The molecular formula is C30H40N2O5S. The fraction of sp³-hybridized carbons (Fsp3) is 0.567. The first kappa shape index (κ1) is 28.4. The average Bonchev–Trinajstić information content (AvgIpc) is 3.46. The summed E-state index contributed by atoms with van der Waals surface area (Å²) in [5, 5.41) is 10.3. The molecule has 1 aromatic carbocycles. The van der Waals surface area contributed by atoms with Crippen LogP contribution in [0.3, 0.4) is 0 Å². The minimum Gasteiger partial charge on any atom is -0.465 e. The molecule has 2 unspecified atom stereocenters. The Hall–Kier alpha value is -2.58. The van der Waals surface area contributed by atoms with Gasteiger partial charge in [-0.3, -0.25) is 14.4 Å². The summed E-state index contributed by atoms with van der Waals surface area (Å²) in [7, 11) is 0. The molecule has 3 aliphatic rings. The van der Waals surface area contributed by atoms with Crippen LogP contribution < -0.4 is 4.90 Å². The topological polar surface area (TPSA) is 87.1 Å². The Kier molecular flexibility index (Phi) is 8.15. The molecule has 1 N–H and O–H groups in total. The van der Waals surface area contributed by atoms with Gasteiger partial charge in [0.2, 0.25) is 5.91 Å². The van der Waals surface area contributed by atoms with Crippen LogP contribution in [0.4, 0.5) is 5.69 Å². The molecule has 1 spiro atoms. The van der Waals surface area contributed by atoms with Crippen LogP contribution in [-0.4, -0.2) is 69.1 Å². The van der Waals surface area contributed by atoms with E-state index in [0.29, 0.717) is 25.7 Å². The molecule has 3 heterocycles. The van der Waals surface area contributed by atoms with Crippen LogP contribution in [0.25, 0.3) is 0 Å². The summed E-state index contributed by atoms with van der Waals surface area (Å²) in [6.45, 7) is 15.7. The monoisotopic (exact) mass is 540 g/mol.